The number of rotatable bonds is 7. The molecule has 0 spiro atoms. The van der Waals surface area contributed by atoms with Crippen molar-refractivity contribution < 1.29 is 27.4 Å². The van der Waals surface area contributed by atoms with Crippen LogP contribution in [0.4, 0.5) is 13.2 Å². The maximum atomic E-state index is 12.6. The van der Waals surface area contributed by atoms with E-state index < -0.39 is 24.7 Å². The van der Waals surface area contributed by atoms with Crippen LogP contribution >= 0.6 is 0 Å². The second-order valence-corrected chi connectivity index (χ2v) is 5.98. The standard InChI is InChI=1S/C17H23F3N2O3/c1-13-3-5-14(6-4-13)25-9-2-7-21-16(23)15-11-24-10-8-22(15)12-17(18,19)20/h3-6,15H,2,7-12H2,1H3,(H,21,23)/t15-/m1/s1. The number of hydrogen-bond acceptors (Lipinski definition) is 4. The third kappa shape index (κ3) is 6.91. The van der Waals surface area contributed by atoms with Crippen LogP contribution in [0, 0.1) is 6.92 Å². The molecule has 1 fully saturated rings. The number of carbonyl (C=O) groups is 1. The number of carbonyl (C=O) groups excluding carboxylic acids is 1. The molecule has 1 heterocycles. The van der Waals surface area contributed by atoms with Crippen LogP contribution in [0.1, 0.15) is 12.0 Å². The smallest absolute Gasteiger partial charge is 0.401 e. The van der Waals surface area contributed by atoms with Gasteiger partial charge in [0.15, 0.2) is 0 Å². The maximum absolute atomic E-state index is 12.6. The van der Waals surface area contributed by atoms with Gasteiger partial charge in [-0.1, -0.05) is 17.7 Å². The van der Waals surface area contributed by atoms with E-state index in [2.05, 4.69) is 5.32 Å². The fourth-order valence-electron chi connectivity index (χ4n) is 2.53. The van der Waals surface area contributed by atoms with Crippen LogP contribution in [-0.2, 0) is 9.53 Å². The lowest BCUT2D eigenvalue weighted by molar-refractivity contribution is -0.166. The topological polar surface area (TPSA) is 50.8 Å². The quantitative estimate of drug-likeness (QED) is 0.757. The van der Waals surface area contributed by atoms with Crippen LogP contribution in [0.15, 0.2) is 24.3 Å². The third-order valence-corrected chi connectivity index (χ3v) is 3.83. The van der Waals surface area contributed by atoms with E-state index in [-0.39, 0.29) is 19.8 Å². The van der Waals surface area contributed by atoms with E-state index in [0.29, 0.717) is 19.6 Å². The van der Waals surface area contributed by atoms with Crippen LogP contribution in [0.5, 0.6) is 5.75 Å². The van der Waals surface area contributed by atoms with Gasteiger partial charge in [-0.05, 0) is 25.5 Å². The molecular formula is C17H23F3N2O3. The molecule has 1 aromatic rings. The summed E-state index contributed by atoms with van der Waals surface area (Å²) in [7, 11) is 0. The van der Waals surface area contributed by atoms with Gasteiger partial charge in [-0.15, -0.1) is 0 Å². The highest BCUT2D eigenvalue weighted by molar-refractivity contribution is 5.82. The summed E-state index contributed by atoms with van der Waals surface area (Å²) < 4.78 is 48.4. The van der Waals surface area contributed by atoms with Gasteiger partial charge in [-0.2, -0.15) is 13.2 Å². The summed E-state index contributed by atoms with van der Waals surface area (Å²) in [6.45, 7) is 1.89. The number of amides is 1. The molecule has 1 aromatic carbocycles. The summed E-state index contributed by atoms with van der Waals surface area (Å²) in [6, 6.07) is 6.70. The lowest BCUT2D eigenvalue weighted by Crippen LogP contribution is -2.56. The molecule has 1 amide bonds. The van der Waals surface area contributed by atoms with Crippen molar-refractivity contribution in [3.63, 3.8) is 0 Å². The van der Waals surface area contributed by atoms with Crippen LogP contribution in [0.25, 0.3) is 0 Å². The van der Waals surface area contributed by atoms with Gasteiger partial charge in [0.05, 0.1) is 26.4 Å². The summed E-state index contributed by atoms with van der Waals surface area (Å²) >= 11 is 0. The van der Waals surface area contributed by atoms with Crippen molar-refractivity contribution in [1.82, 2.24) is 10.2 Å². The Hall–Kier alpha value is -1.80. The van der Waals surface area contributed by atoms with Gasteiger partial charge in [-0.25, -0.2) is 0 Å². The van der Waals surface area contributed by atoms with Gasteiger partial charge in [0.2, 0.25) is 5.91 Å². The summed E-state index contributed by atoms with van der Waals surface area (Å²) in [4.78, 5) is 13.2. The molecule has 1 atom stereocenters. The Bertz CT molecular complexity index is 549. The number of morpholine rings is 1. The summed E-state index contributed by atoms with van der Waals surface area (Å²) in [5.41, 5.74) is 1.14. The largest absolute Gasteiger partial charge is 0.494 e. The fourth-order valence-corrected chi connectivity index (χ4v) is 2.53. The molecule has 140 valence electrons. The Balaban J connectivity index is 1.70. The van der Waals surface area contributed by atoms with Crippen molar-refractivity contribution in [3.05, 3.63) is 29.8 Å². The average Bonchev–Trinajstić information content (AvgIpc) is 2.55. The van der Waals surface area contributed by atoms with Crippen molar-refractivity contribution in [3.8, 4) is 5.75 Å². The van der Waals surface area contributed by atoms with Crippen molar-refractivity contribution in [2.75, 3.05) is 39.5 Å². The Morgan fingerprint density at radius 3 is 2.76 bits per heavy atom. The Morgan fingerprint density at radius 2 is 2.08 bits per heavy atom. The number of alkyl halides is 3. The Morgan fingerprint density at radius 1 is 1.36 bits per heavy atom. The monoisotopic (exact) mass is 360 g/mol. The normalized spacial score (nSPS) is 18.8. The van der Waals surface area contributed by atoms with Gasteiger partial charge in [0, 0.05) is 13.1 Å². The lowest BCUT2D eigenvalue weighted by atomic mass is 10.2. The van der Waals surface area contributed by atoms with E-state index in [9.17, 15) is 18.0 Å². The number of aryl methyl sites for hydroxylation is 1. The zero-order valence-corrected chi connectivity index (χ0v) is 14.1. The molecule has 0 radical (unpaired) electrons. The first-order valence-electron chi connectivity index (χ1n) is 8.21. The molecular weight excluding hydrogens is 337 g/mol. The second kappa shape index (κ2) is 9.05. The van der Waals surface area contributed by atoms with Gasteiger partial charge in [0.25, 0.3) is 0 Å². The van der Waals surface area contributed by atoms with Gasteiger partial charge >= 0.3 is 6.18 Å². The van der Waals surface area contributed by atoms with E-state index in [0.717, 1.165) is 16.2 Å². The second-order valence-electron chi connectivity index (χ2n) is 5.98. The SMILES string of the molecule is Cc1ccc(OCCCNC(=O)[C@H]2COCCN2CC(F)(F)F)cc1. The highest BCUT2D eigenvalue weighted by Gasteiger charge is 2.37. The molecule has 1 saturated heterocycles. The van der Waals surface area contributed by atoms with Gasteiger partial charge in [-0.3, -0.25) is 9.69 Å². The van der Waals surface area contributed by atoms with E-state index >= 15 is 0 Å². The molecule has 2 rings (SSSR count). The average molecular weight is 360 g/mol. The zero-order valence-electron chi connectivity index (χ0n) is 14.1. The number of nitrogens with one attached hydrogen (secondary N) is 1. The first kappa shape index (κ1) is 19.5. The number of halogens is 3. The molecule has 1 aliphatic rings. The Kier molecular flexibility index (Phi) is 7.07. The predicted octanol–water partition coefficient (Wildman–Crippen LogP) is 2.14. The Labute approximate surface area is 145 Å². The summed E-state index contributed by atoms with van der Waals surface area (Å²) in [6.07, 6.45) is -3.77. The minimum absolute atomic E-state index is 0.0260. The van der Waals surface area contributed by atoms with E-state index in [1.54, 1.807) is 0 Å². The van der Waals surface area contributed by atoms with Crippen molar-refractivity contribution in [2.24, 2.45) is 0 Å². The molecule has 25 heavy (non-hydrogen) atoms. The minimum Gasteiger partial charge on any atom is -0.494 e. The molecule has 0 aromatic heterocycles. The molecule has 0 unspecified atom stereocenters. The fraction of sp³-hybridized carbons (Fsp3) is 0.588. The molecule has 1 aliphatic heterocycles. The van der Waals surface area contributed by atoms with Crippen LogP contribution < -0.4 is 10.1 Å². The van der Waals surface area contributed by atoms with Crippen LogP contribution in [0.3, 0.4) is 0 Å². The molecule has 8 heteroatoms. The number of nitrogens with zero attached hydrogens (tertiary/aromatic N) is 1. The van der Waals surface area contributed by atoms with Crippen LogP contribution in [-0.4, -0.2) is 62.5 Å². The predicted molar refractivity (Wildman–Crippen MR) is 86.5 cm³/mol. The first-order valence-corrected chi connectivity index (χ1v) is 8.21. The van der Waals surface area contributed by atoms with E-state index in [4.69, 9.17) is 9.47 Å². The third-order valence-electron chi connectivity index (χ3n) is 3.83. The van der Waals surface area contributed by atoms with Crippen molar-refractivity contribution >= 4 is 5.91 Å². The van der Waals surface area contributed by atoms with E-state index in [1.165, 1.54) is 0 Å². The molecule has 0 saturated carbocycles. The van der Waals surface area contributed by atoms with Crippen molar-refractivity contribution in [1.29, 1.82) is 0 Å². The summed E-state index contributed by atoms with van der Waals surface area (Å²) in [5.74, 6) is 0.299. The van der Waals surface area contributed by atoms with E-state index in [1.807, 2.05) is 31.2 Å². The molecule has 5 nitrogen and oxygen atoms in total. The number of hydrogen-bond donors (Lipinski definition) is 1. The molecule has 0 aliphatic carbocycles. The maximum Gasteiger partial charge on any atom is 0.401 e. The zero-order chi connectivity index (χ0) is 18.3. The first-order chi connectivity index (χ1) is 11.8. The number of ether oxygens (including phenoxy) is 2. The summed E-state index contributed by atoms with van der Waals surface area (Å²) in [5, 5.41) is 2.66. The van der Waals surface area contributed by atoms with Crippen molar-refractivity contribution in [2.45, 2.75) is 25.6 Å². The van der Waals surface area contributed by atoms with Gasteiger partial charge in [0.1, 0.15) is 11.8 Å². The number of benzene rings is 1. The minimum atomic E-state index is -4.34. The highest BCUT2D eigenvalue weighted by Crippen LogP contribution is 2.19. The highest BCUT2D eigenvalue weighted by atomic mass is 19.4. The van der Waals surface area contributed by atoms with Gasteiger partial charge < -0.3 is 14.8 Å². The van der Waals surface area contributed by atoms with Crippen LogP contribution in [0.2, 0.25) is 0 Å². The molecule has 0 bridgehead atoms. The lowest BCUT2D eigenvalue weighted by Gasteiger charge is -2.34. The molecule has 1 N–H and O–H groups in total.